The standard InChI is InChI=1S/C20H23ClN2O2/c1-14(24)22-20-13-23(11-15-4-3-5-17(21)10-15)12-19(20)16-6-8-18(25-2)9-7-16/h3-10,19-20H,11-13H2,1-2H3,(H,22,24)/t19-,20+/m0/s1. The summed E-state index contributed by atoms with van der Waals surface area (Å²) >= 11 is 6.09. The van der Waals surface area contributed by atoms with E-state index in [1.54, 1.807) is 14.0 Å². The van der Waals surface area contributed by atoms with E-state index in [-0.39, 0.29) is 17.9 Å². The van der Waals surface area contributed by atoms with Crippen LogP contribution >= 0.6 is 11.6 Å². The highest BCUT2D eigenvalue weighted by molar-refractivity contribution is 6.30. The molecule has 0 radical (unpaired) electrons. The largest absolute Gasteiger partial charge is 0.497 e. The summed E-state index contributed by atoms with van der Waals surface area (Å²) in [6.45, 7) is 4.11. The Morgan fingerprint density at radius 3 is 2.64 bits per heavy atom. The molecule has 5 heteroatoms. The Labute approximate surface area is 153 Å². The fourth-order valence-corrected chi connectivity index (χ4v) is 3.72. The molecule has 4 nitrogen and oxygen atoms in total. The minimum atomic E-state index is 0.00752. The zero-order valence-corrected chi connectivity index (χ0v) is 15.3. The van der Waals surface area contributed by atoms with Gasteiger partial charge in [-0.1, -0.05) is 35.9 Å². The number of halogens is 1. The van der Waals surface area contributed by atoms with E-state index in [4.69, 9.17) is 16.3 Å². The summed E-state index contributed by atoms with van der Waals surface area (Å²) < 4.78 is 5.24. The van der Waals surface area contributed by atoms with E-state index in [2.05, 4.69) is 28.4 Å². The van der Waals surface area contributed by atoms with Crippen molar-refractivity contribution in [2.24, 2.45) is 0 Å². The molecular formula is C20H23ClN2O2. The Morgan fingerprint density at radius 1 is 1.24 bits per heavy atom. The lowest BCUT2D eigenvalue weighted by Crippen LogP contribution is -2.38. The molecule has 0 spiro atoms. The zero-order valence-electron chi connectivity index (χ0n) is 14.5. The van der Waals surface area contributed by atoms with Crippen LogP contribution in [-0.2, 0) is 11.3 Å². The smallest absolute Gasteiger partial charge is 0.217 e. The summed E-state index contributed by atoms with van der Waals surface area (Å²) in [4.78, 5) is 14.0. The summed E-state index contributed by atoms with van der Waals surface area (Å²) in [6.07, 6.45) is 0. The van der Waals surface area contributed by atoms with Gasteiger partial charge < -0.3 is 10.1 Å². The second-order valence-corrected chi connectivity index (χ2v) is 6.95. The third kappa shape index (κ3) is 4.53. The quantitative estimate of drug-likeness (QED) is 0.890. The maximum atomic E-state index is 11.6. The Hall–Kier alpha value is -2.04. The van der Waals surface area contributed by atoms with Crippen molar-refractivity contribution in [2.45, 2.75) is 25.4 Å². The lowest BCUT2D eigenvalue weighted by molar-refractivity contribution is -0.119. The van der Waals surface area contributed by atoms with E-state index in [0.29, 0.717) is 0 Å². The van der Waals surface area contributed by atoms with Gasteiger partial charge in [0.15, 0.2) is 0 Å². The average molecular weight is 359 g/mol. The molecule has 132 valence electrons. The summed E-state index contributed by atoms with van der Waals surface area (Å²) in [5, 5.41) is 3.86. The predicted molar refractivity (Wildman–Crippen MR) is 100 cm³/mol. The number of ether oxygens (including phenoxy) is 1. The first-order valence-corrected chi connectivity index (χ1v) is 8.81. The number of hydrogen-bond acceptors (Lipinski definition) is 3. The molecule has 0 saturated carbocycles. The number of hydrogen-bond donors (Lipinski definition) is 1. The molecule has 1 aliphatic rings. The van der Waals surface area contributed by atoms with Gasteiger partial charge in [-0.2, -0.15) is 0 Å². The first kappa shape index (κ1) is 17.8. The molecule has 1 aliphatic heterocycles. The highest BCUT2D eigenvalue weighted by Gasteiger charge is 2.34. The number of nitrogens with one attached hydrogen (secondary N) is 1. The zero-order chi connectivity index (χ0) is 17.8. The van der Waals surface area contributed by atoms with E-state index in [9.17, 15) is 4.79 Å². The van der Waals surface area contributed by atoms with Crippen LogP contribution in [0.25, 0.3) is 0 Å². The summed E-state index contributed by atoms with van der Waals surface area (Å²) in [6, 6.07) is 16.2. The van der Waals surface area contributed by atoms with Crippen LogP contribution in [0.3, 0.4) is 0 Å². The maximum absolute atomic E-state index is 11.6. The molecule has 0 unspecified atom stereocenters. The topological polar surface area (TPSA) is 41.6 Å². The fraction of sp³-hybridized carbons (Fsp3) is 0.350. The summed E-state index contributed by atoms with van der Waals surface area (Å²) in [5.74, 6) is 1.11. The minimum absolute atomic E-state index is 0.00752. The Kier molecular flexibility index (Phi) is 5.61. The van der Waals surface area contributed by atoms with E-state index in [0.717, 1.165) is 30.4 Å². The number of rotatable bonds is 5. The predicted octanol–water partition coefficient (Wildman–Crippen LogP) is 3.45. The van der Waals surface area contributed by atoms with E-state index in [1.165, 1.54) is 11.1 Å². The number of carbonyl (C=O) groups is 1. The number of nitrogens with zero attached hydrogens (tertiary/aromatic N) is 1. The number of methoxy groups -OCH3 is 1. The van der Waals surface area contributed by atoms with Crippen LogP contribution in [0.5, 0.6) is 5.75 Å². The van der Waals surface area contributed by atoms with Crippen LogP contribution in [0.15, 0.2) is 48.5 Å². The van der Waals surface area contributed by atoms with Gasteiger partial charge in [-0.3, -0.25) is 9.69 Å². The van der Waals surface area contributed by atoms with E-state index in [1.807, 2.05) is 30.3 Å². The molecule has 3 rings (SSSR count). The van der Waals surface area contributed by atoms with Crippen molar-refractivity contribution in [1.82, 2.24) is 10.2 Å². The highest BCUT2D eigenvalue weighted by Crippen LogP contribution is 2.30. The van der Waals surface area contributed by atoms with Gasteiger partial charge in [0.1, 0.15) is 5.75 Å². The molecule has 1 fully saturated rings. The molecule has 0 aromatic heterocycles. The summed E-state index contributed by atoms with van der Waals surface area (Å²) in [7, 11) is 1.66. The molecule has 0 aliphatic carbocycles. The second-order valence-electron chi connectivity index (χ2n) is 6.51. The van der Waals surface area contributed by atoms with Crippen LogP contribution in [0.2, 0.25) is 5.02 Å². The fourth-order valence-electron chi connectivity index (χ4n) is 3.50. The molecule has 1 amide bonds. The van der Waals surface area contributed by atoms with Gasteiger partial charge in [0, 0.05) is 43.5 Å². The highest BCUT2D eigenvalue weighted by atomic mass is 35.5. The van der Waals surface area contributed by atoms with Crippen molar-refractivity contribution in [3.05, 3.63) is 64.7 Å². The van der Waals surface area contributed by atoms with Crippen molar-refractivity contribution in [2.75, 3.05) is 20.2 Å². The molecule has 1 N–H and O–H groups in total. The Bertz CT molecular complexity index is 733. The number of amides is 1. The van der Waals surface area contributed by atoms with Gasteiger partial charge in [0.25, 0.3) is 0 Å². The van der Waals surface area contributed by atoms with Crippen molar-refractivity contribution >= 4 is 17.5 Å². The molecule has 0 bridgehead atoms. The molecule has 2 aromatic carbocycles. The van der Waals surface area contributed by atoms with Gasteiger partial charge >= 0.3 is 0 Å². The maximum Gasteiger partial charge on any atom is 0.217 e. The molecule has 1 heterocycles. The lowest BCUT2D eigenvalue weighted by Gasteiger charge is -2.19. The molecular weight excluding hydrogens is 336 g/mol. The normalized spacial score (nSPS) is 20.4. The first-order chi connectivity index (χ1) is 12.0. The van der Waals surface area contributed by atoms with Crippen molar-refractivity contribution in [3.63, 3.8) is 0 Å². The third-order valence-electron chi connectivity index (χ3n) is 4.62. The van der Waals surface area contributed by atoms with Gasteiger partial charge in [0.05, 0.1) is 7.11 Å². The molecule has 2 atom stereocenters. The number of carbonyl (C=O) groups excluding carboxylic acids is 1. The van der Waals surface area contributed by atoms with E-state index < -0.39 is 0 Å². The van der Waals surface area contributed by atoms with Gasteiger partial charge in [0.2, 0.25) is 5.91 Å². The van der Waals surface area contributed by atoms with Crippen molar-refractivity contribution in [1.29, 1.82) is 0 Å². The monoisotopic (exact) mass is 358 g/mol. The second kappa shape index (κ2) is 7.89. The lowest BCUT2D eigenvalue weighted by atomic mass is 9.94. The van der Waals surface area contributed by atoms with Crippen LogP contribution in [-0.4, -0.2) is 37.0 Å². The molecule has 25 heavy (non-hydrogen) atoms. The van der Waals surface area contributed by atoms with Crippen LogP contribution < -0.4 is 10.1 Å². The number of benzene rings is 2. The Morgan fingerprint density at radius 2 is 2.00 bits per heavy atom. The minimum Gasteiger partial charge on any atom is -0.497 e. The number of likely N-dealkylation sites (tertiary alicyclic amines) is 1. The SMILES string of the molecule is COc1ccc([C@@H]2CN(Cc3cccc(Cl)c3)C[C@H]2NC(C)=O)cc1. The molecule has 2 aromatic rings. The van der Waals surface area contributed by atoms with Crippen molar-refractivity contribution in [3.8, 4) is 5.75 Å². The summed E-state index contributed by atoms with van der Waals surface area (Å²) in [5.41, 5.74) is 2.40. The molecule has 1 saturated heterocycles. The van der Waals surface area contributed by atoms with Crippen molar-refractivity contribution < 1.29 is 9.53 Å². The van der Waals surface area contributed by atoms with Crippen LogP contribution in [0, 0.1) is 0 Å². The van der Waals surface area contributed by atoms with Gasteiger partial charge in [-0.05, 0) is 35.4 Å². The van der Waals surface area contributed by atoms with Crippen LogP contribution in [0.4, 0.5) is 0 Å². The van der Waals surface area contributed by atoms with Crippen LogP contribution in [0.1, 0.15) is 24.0 Å². The first-order valence-electron chi connectivity index (χ1n) is 8.43. The van der Waals surface area contributed by atoms with Gasteiger partial charge in [-0.25, -0.2) is 0 Å². The average Bonchev–Trinajstić information content (AvgIpc) is 2.96. The third-order valence-corrected chi connectivity index (χ3v) is 4.86. The van der Waals surface area contributed by atoms with E-state index >= 15 is 0 Å². The van der Waals surface area contributed by atoms with Gasteiger partial charge in [-0.15, -0.1) is 0 Å². The Balaban J connectivity index is 1.76.